The number of nitrogens with zero attached hydrogens (tertiary/aromatic N) is 1. The first-order valence-corrected chi connectivity index (χ1v) is 10.7. The molecule has 1 aromatic carbocycles. The molecule has 0 saturated carbocycles. The van der Waals surface area contributed by atoms with Gasteiger partial charge in [-0.25, -0.2) is 10.0 Å². The Balaban J connectivity index is 2.20. The summed E-state index contributed by atoms with van der Waals surface area (Å²) in [7, 11) is -0.580. The smallest absolute Gasteiger partial charge is 0.260 e. The maximum Gasteiger partial charge on any atom is 0.260 e. The fourth-order valence-corrected chi connectivity index (χ4v) is 3.14. The average Bonchev–Trinajstić information content (AvgIpc) is 2.39. The van der Waals surface area contributed by atoms with E-state index in [9.17, 15) is 4.79 Å². The van der Waals surface area contributed by atoms with Crippen LogP contribution in [0.1, 0.15) is 0 Å². The first kappa shape index (κ1) is 16.9. The van der Waals surface area contributed by atoms with Gasteiger partial charge in [0.1, 0.15) is 6.73 Å². The summed E-state index contributed by atoms with van der Waals surface area (Å²) in [5, 5.41) is 1.91. The van der Waals surface area contributed by atoms with Crippen LogP contribution in [-0.4, -0.2) is 35.7 Å². The number of halogens is 2. The molecule has 2 aromatic rings. The van der Waals surface area contributed by atoms with Gasteiger partial charge in [-0.05, 0) is 37.0 Å². The van der Waals surface area contributed by atoms with E-state index in [1.54, 1.807) is 12.3 Å². The lowest BCUT2D eigenvalue weighted by Crippen LogP contribution is -2.22. The van der Waals surface area contributed by atoms with Crippen LogP contribution < -0.4 is 5.56 Å². The molecule has 1 aromatic heterocycles. The molecule has 0 fully saturated rings. The summed E-state index contributed by atoms with van der Waals surface area (Å²) < 4.78 is 8.05. The van der Waals surface area contributed by atoms with Crippen LogP contribution in [0.5, 0.6) is 0 Å². The number of rotatable bonds is 5. The van der Waals surface area contributed by atoms with Crippen molar-refractivity contribution in [3.05, 3.63) is 44.2 Å². The van der Waals surface area contributed by atoms with Gasteiger partial charge in [0, 0.05) is 27.2 Å². The topological polar surface area (TPSA) is 31.2 Å². The zero-order valence-corrected chi connectivity index (χ0v) is 15.5. The summed E-state index contributed by atoms with van der Waals surface area (Å²) in [5.74, 6) is 1.02. The van der Waals surface area contributed by atoms with Gasteiger partial charge in [-0.1, -0.05) is 27.5 Å². The number of pyridine rings is 1. The molecule has 0 N–H and O–H groups in total. The number of ether oxygens (including phenoxy) is 1. The molecule has 0 atom stereocenters. The second kappa shape index (κ2) is 6.73. The molecular formula is C15H19BrClNO2S. The van der Waals surface area contributed by atoms with Crippen molar-refractivity contribution in [2.24, 2.45) is 0 Å². The highest BCUT2D eigenvalue weighted by atomic mass is 79.9. The molecule has 0 saturated heterocycles. The standard InChI is InChI=1S/C15H19BrClNO2S/c1-21(2,3)7-6-20-10-18-9-14(17)13-8-11(16)4-5-12(13)15(18)19/h4-5,8-9H,6-7,10H2,1-3H3. The predicted molar refractivity (Wildman–Crippen MR) is 97.1 cm³/mol. The first-order valence-electron chi connectivity index (χ1n) is 6.50. The summed E-state index contributed by atoms with van der Waals surface area (Å²) in [6, 6.07) is 5.48. The third-order valence-electron chi connectivity index (χ3n) is 3.07. The second-order valence-electron chi connectivity index (χ2n) is 5.77. The summed E-state index contributed by atoms with van der Waals surface area (Å²) in [5.41, 5.74) is -0.0787. The van der Waals surface area contributed by atoms with Crippen molar-refractivity contribution >= 4 is 48.3 Å². The zero-order chi connectivity index (χ0) is 15.6. The predicted octanol–water partition coefficient (Wildman–Crippen LogP) is 4.09. The fraction of sp³-hybridized carbons (Fsp3) is 0.400. The van der Waals surface area contributed by atoms with Crippen LogP contribution in [0.2, 0.25) is 5.02 Å². The molecule has 21 heavy (non-hydrogen) atoms. The van der Waals surface area contributed by atoms with E-state index < -0.39 is 10.0 Å². The summed E-state index contributed by atoms with van der Waals surface area (Å²) >= 11 is 9.65. The normalized spacial score (nSPS) is 12.8. The lowest BCUT2D eigenvalue weighted by Gasteiger charge is -2.24. The number of hydrogen-bond donors (Lipinski definition) is 0. The fourth-order valence-electron chi connectivity index (χ4n) is 1.89. The molecule has 3 nitrogen and oxygen atoms in total. The molecule has 0 bridgehead atoms. The quantitative estimate of drug-likeness (QED) is 0.718. The van der Waals surface area contributed by atoms with Gasteiger partial charge in [-0.15, -0.1) is 0 Å². The SMILES string of the molecule is CS(C)(C)CCOCn1cc(Cl)c2cc(Br)ccc2c1=O. The van der Waals surface area contributed by atoms with Crippen LogP contribution in [0.3, 0.4) is 0 Å². The molecule has 0 amide bonds. The highest BCUT2D eigenvalue weighted by Crippen LogP contribution is 2.33. The molecule has 6 heteroatoms. The van der Waals surface area contributed by atoms with Gasteiger partial charge in [0.05, 0.1) is 11.6 Å². The minimum atomic E-state index is -0.580. The third-order valence-corrected chi connectivity index (χ3v) is 5.26. The second-order valence-corrected chi connectivity index (χ2v) is 11.7. The van der Waals surface area contributed by atoms with Crippen LogP contribution in [0, 0.1) is 0 Å². The zero-order valence-electron chi connectivity index (χ0n) is 12.4. The lowest BCUT2D eigenvalue weighted by molar-refractivity contribution is 0.0875. The summed E-state index contributed by atoms with van der Waals surface area (Å²) in [4.78, 5) is 12.4. The molecule has 116 valence electrons. The van der Waals surface area contributed by atoms with Crippen molar-refractivity contribution in [1.82, 2.24) is 4.57 Å². The van der Waals surface area contributed by atoms with Gasteiger partial charge in [-0.3, -0.25) is 9.36 Å². The van der Waals surface area contributed by atoms with Crippen molar-refractivity contribution < 1.29 is 4.74 Å². The Morgan fingerprint density at radius 2 is 2.00 bits per heavy atom. The number of fused-ring (bicyclic) bond motifs is 1. The lowest BCUT2D eigenvalue weighted by atomic mass is 10.2. The molecule has 0 aliphatic heterocycles. The van der Waals surface area contributed by atoms with E-state index in [0.717, 1.165) is 15.6 Å². The van der Waals surface area contributed by atoms with E-state index in [1.165, 1.54) is 4.57 Å². The maximum absolute atomic E-state index is 12.4. The van der Waals surface area contributed by atoms with Crippen LogP contribution >= 0.6 is 37.6 Å². The minimum Gasteiger partial charge on any atom is -0.360 e. The number of hydrogen-bond acceptors (Lipinski definition) is 2. The largest absolute Gasteiger partial charge is 0.360 e. The molecule has 1 heterocycles. The Morgan fingerprint density at radius 3 is 2.67 bits per heavy atom. The van der Waals surface area contributed by atoms with Crippen LogP contribution in [0.4, 0.5) is 0 Å². The molecule has 0 unspecified atom stereocenters. The van der Waals surface area contributed by atoms with E-state index in [2.05, 4.69) is 34.7 Å². The van der Waals surface area contributed by atoms with Crippen molar-refractivity contribution in [2.75, 3.05) is 31.1 Å². The average molecular weight is 393 g/mol. The third kappa shape index (κ3) is 4.49. The summed E-state index contributed by atoms with van der Waals surface area (Å²) in [6.07, 6.45) is 8.37. The van der Waals surface area contributed by atoms with Crippen molar-refractivity contribution in [2.45, 2.75) is 6.73 Å². The highest BCUT2D eigenvalue weighted by molar-refractivity contribution is 9.10. The molecular weight excluding hydrogens is 374 g/mol. The minimum absolute atomic E-state index is 0.0787. The van der Waals surface area contributed by atoms with Crippen LogP contribution in [0.15, 0.2) is 33.7 Å². The Labute approximate surface area is 139 Å². The van der Waals surface area contributed by atoms with Gasteiger partial charge in [0.15, 0.2) is 0 Å². The molecule has 0 aliphatic carbocycles. The number of aromatic nitrogens is 1. The van der Waals surface area contributed by atoms with Crippen molar-refractivity contribution in [1.29, 1.82) is 0 Å². The van der Waals surface area contributed by atoms with Gasteiger partial charge in [0.2, 0.25) is 0 Å². The maximum atomic E-state index is 12.4. The Hall–Kier alpha value is -0.490. The monoisotopic (exact) mass is 391 g/mol. The molecule has 0 aliphatic rings. The Bertz CT molecular complexity index is 709. The van der Waals surface area contributed by atoms with E-state index in [-0.39, 0.29) is 12.3 Å². The van der Waals surface area contributed by atoms with E-state index in [4.69, 9.17) is 16.3 Å². The molecule has 0 spiro atoms. The van der Waals surface area contributed by atoms with Crippen molar-refractivity contribution in [3.8, 4) is 0 Å². The Morgan fingerprint density at radius 1 is 1.29 bits per heavy atom. The number of benzene rings is 1. The van der Waals surface area contributed by atoms with Crippen molar-refractivity contribution in [3.63, 3.8) is 0 Å². The van der Waals surface area contributed by atoms with Crippen LogP contribution in [0.25, 0.3) is 10.8 Å². The van der Waals surface area contributed by atoms with Crippen LogP contribution in [-0.2, 0) is 11.5 Å². The van der Waals surface area contributed by atoms with E-state index >= 15 is 0 Å². The van der Waals surface area contributed by atoms with Gasteiger partial charge in [0.25, 0.3) is 5.56 Å². The first-order chi connectivity index (χ1) is 9.78. The molecule has 2 rings (SSSR count). The van der Waals surface area contributed by atoms with E-state index in [1.807, 2.05) is 12.1 Å². The van der Waals surface area contributed by atoms with Gasteiger partial charge in [-0.2, -0.15) is 0 Å². The van der Waals surface area contributed by atoms with E-state index in [0.29, 0.717) is 17.0 Å². The molecule has 0 radical (unpaired) electrons. The summed E-state index contributed by atoms with van der Waals surface area (Å²) in [6.45, 7) is 0.890. The van der Waals surface area contributed by atoms with Gasteiger partial charge < -0.3 is 4.74 Å². The van der Waals surface area contributed by atoms with Gasteiger partial charge >= 0.3 is 0 Å². The Kier molecular flexibility index (Phi) is 5.41. The highest BCUT2D eigenvalue weighted by Gasteiger charge is 2.09.